The van der Waals surface area contributed by atoms with Gasteiger partial charge in [0.2, 0.25) is 11.8 Å². The standard InChI is InChI=1S/C21H30N2O4S/c1-15(2)23(16(3)4)21(25)19(14-18-10-11-18)20(24)22-28(26,27)13-12-17-8-6-5-7-9-17/h5-9,12-13,15-16,18-19H,10-11,14H2,1-4H3,(H,22,24). The van der Waals surface area contributed by atoms with Crippen LogP contribution in [0.25, 0.3) is 6.08 Å². The maximum absolute atomic E-state index is 13.0. The minimum absolute atomic E-state index is 0.0726. The number of carbonyl (C=O) groups excluding carboxylic acids is 2. The second-order valence-corrected chi connectivity index (χ2v) is 9.46. The monoisotopic (exact) mass is 406 g/mol. The molecule has 1 aliphatic carbocycles. The van der Waals surface area contributed by atoms with Crippen LogP contribution >= 0.6 is 0 Å². The molecule has 6 nitrogen and oxygen atoms in total. The predicted molar refractivity (Wildman–Crippen MR) is 110 cm³/mol. The van der Waals surface area contributed by atoms with Crippen molar-refractivity contribution in [2.75, 3.05) is 0 Å². The van der Waals surface area contributed by atoms with E-state index in [2.05, 4.69) is 4.72 Å². The molecular weight excluding hydrogens is 376 g/mol. The molecule has 1 N–H and O–H groups in total. The van der Waals surface area contributed by atoms with Crippen molar-refractivity contribution in [1.29, 1.82) is 0 Å². The molecule has 28 heavy (non-hydrogen) atoms. The van der Waals surface area contributed by atoms with E-state index in [4.69, 9.17) is 0 Å². The van der Waals surface area contributed by atoms with Crippen LogP contribution in [0, 0.1) is 11.8 Å². The van der Waals surface area contributed by atoms with Crippen LogP contribution in [0.2, 0.25) is 0 Å². The second kappa shape index (κ2) is 9.37. The van der Waals surface area contributed by atoms with Crippen LogP contribution in [-0.4, -0.2) is 37.2 Å². The third kappa shape index (κ3) is 6.48. The van der Waals surface area contributed by atoms with Gasteiger partial charge in [0.15, 0.2) is 0 Å². The van der Waals surface area contributed by atoms with E-state index >= 15 is 0 Å². The molecule has 0 aromatic heterocycles. The van der Waals surface area contributed by atoms with Crippen molar-refractivity contribution in [3.63, 3.8) is 0 Å². The molecule has 0 bridgehead atoms. The van der Waals surface area contributed by atoms with Gasteiger partial charge in [0.25, 0.3) is 10.0 Å². The van der Waals surface area contributed by atoms with Gasteiger partial charge in [0.1, 0.15) is 5.92 Å². The van der Waals surface area contributed by atoms with Crippen molar-refractivity contribution in [3.8, 4) is 0 Å². The number of benzene rings is 1. The van der Waals surface area contributed by atoms with E-state index in [-0.39, 0.29) is 18.0 Å². The Balaban J connectivity index is 2.15. The molecule has 1 fully saturated rings. The Morgan fingerprint density at radius 1 is 1.11 bits per heavy atom. The number of sulfonamides is 1. The molecule has 1 aromatic rings. The van der Waals surface area contributed by atoms with E-state index in [0.29, 0.717) is 17.9 Å². The SMILES string of the molecule is CC(C)N(C(=O)C(CC1CC1)C(=O)NS(=O)(=O)C=Cc1ccccc1)C(C)C. The summed E-state index contributed by atoms with van der Waals surface area (Å²) in [6, 6.07) is 8.79. The van der Waals surface area contributed by atoms with Crippen molar-refractivity contribution >= 4 is 27.9 Å². The number of rotatable bonds is 9. The molecule has 0 radical (unpaired) electrons. The van der Waals surface area contributed by atoms with Gasteiger partial charge in [0.05, 0.1) is 5.41 Å². The Hall–Kier alpha value is -2.15. The van der Waals surface area contributed by atoms with Gasteiger partial charge in [-0.3, -0.25) is 9.59 Å². The lowest BCUT2D eigenvalue weighted by Crippen LogP contribution is -2.50. The Morgan fingerprint density at radius 3 is 2.18 bits per heavy atom. The summed E-state index contributed by atoms with van der Waals surface area (Å²) in [5.41, 5.74) is 0.705. The molecule has 2 rings (SSSR count). The summed E-state index contributed by atoms with van der Waals surface area (Å²) in [6.45, 7) is 7.57. The Morgan fingerprint density at radius 2 is 1.68 bits per heavy atom. The Labute approximate surface area is 168 Å². The van der Waals surface area contributed by atoms with Crippen LogP contribution in [0.4, 0.5) is 0 Å². The van der Waals surface area contributed by atoms with Crippen molar-refractivity contribution in [2.24, 2.45) is 11.8 Å². The molecule has 0 heterocycles. The zero-order chi connectivity index (χ0) is 20.9. The molecule has 1 saturated carbocycles. The zero-order valence-corrected chi connectivity index (χ0v) is 17.8. The number of hydrogen-bond acceptors (Lipinski definition) is 4. The lowest BCUT2D eigenvalue weighted by atomic mass is 9.98. The molecule has 154 valence electrons. The van der Waals surface area contributed by atoms with Gasteiger partial charge in [-0.25, -0.2) is 13.1 Å². The highest BCUT2D eigenvalue weighted by atomic mass is 32.2. The highest BCUT2D eigenvalue weighted by Crippen LogP contribution is 2.36. The van der Waals surface area contributed by atoms with Gasteiger partial charge in [-0.2, -0.15) is 0 Å². The summed E-state index contributed by atoms with van der Waals surface area (Å²) in [5, 5.41) is 0.960. The largest absolute Gasteiger partial charge is 0.337 e. The predicted octanol–water partition coefficient (Wildman–Crippen LogP) is 3.17. The van der Waals surface area contributed by atoms with Crippen molar-refractivity contribution < 1.29 is 18.0 Å². The summed E-state index contributed by atoms with van der Waals surface area (Å²) >= 11 is 0. The molecule has 2 amide bonds. The van der Waals surface area contributed by atoms with E-state index in [9.17, 15) is 18.0 Å². The summed E-state index contributed by atoms with van der Waals surface area (Å²) in [4.78, 5) is 27.5. The van der Waals surface area contributed by atoms with Crippen LogP contribution in [0.15, 0.2) is 35.7 Å². The minimum atomic E-state index is -3.99. The topological polar surface area (TPSA) is 83.6 Å². The Bertz CT molecular complexity index is 804. The summed E-state index contributed by atoms with van der Waals surface area (Å²) in [7, 11) is -3.99. The highest BCUT2D eigenvalue weighted by Gasteiger charge is 2.38. The first-order chi connectivity index (χ1) is 13.1. The van der Waals surface area contributed by atoms with E-state index in [1.807, 2.05) is 33.8 Å². The van der Waals surface area contributed by atoms with Crippen LogP contribution in [0.1, 0.15) is 52.5 Å². The van der Waals surface area contributed by atoms with Crippen LogP contribution < -0.4 is 4.72 Å². The first-order valence-electron chi connectivity index (χ1n) is 9.72. The smallest absolute Gasteiger partial charge is 0.257 e. The molecule has 1 aromatic carbocycles. The maximum Gasteiger partial charge on any atom is 0.257 e. The lowest BCUT2D eigenvalue weighted by Gasteiger charge is -2.33. The number of amides is 2. The fourth-order valence-electron chi connectivity index (χ4n) is 3.27. The van der Waals surface area contributed by atoms with Gasteiger partial charge in [-0.1, -0.05) is 43.2 Å². The Kier molecular flexibility index (Phi) is 7.41. The average Bonchev–Trinajstić information content (AvgIpc) is 3.42. The normalized spacial score (nSPS) is 15.8. The molecular formula is C21H30N2O4S. The van der Waals surface area contributed by atoms with Crippen LogP contribution in [0.5, 0.6) is 0 Å². The van der Waals surface area contributed by atoms with Crippen molar-refractivity contribution in [3.05, 3.63) is 41.3 Å². The zero-order valence-electron chi connectivity index (χ0n) is 17.0. The molecule has 0 saturated heterocycles. The number of nitrogens with one attached hydrogen (secondary N) is 1. The van der Waals surface area contributed by atoms with E-state index in [1.54, 1.807) is 29.2 Å². The van der Waals surface area contributed by atoms with E-state index < -0.39 is 21.8 Å². The third-order valence-corrected chi connectivity index (χ3v) is 5.71. The lowest BCUT2D eigenvalue weighted by molar-refractivity contribution is -0.144. The molecule has 0 spiro atoms. The minimum Gasteiger partial charge on any atom is -0.337 e. The van der Waals surface area contributed by atoms with Gasteiger partial charge in [0, 0.05) is 12.1 Å². The first-order valence-corrected chi connectivity index (χ1v) is 11.3. The highest BCUT2D eigenvalue weighted by molar-refractivity contribution is 7.93. The summed E-state index contributed by atoms with van der Waals surface area (Å²) < 4.78 is 26.7. The average molecular weight is 407 g/mol. The number of hydrogen-bond donors (Lipinski definition) is 1. The fraction of sp³-hybridized carbons (Fsp3) is 0.524. The number of carbonyl (C=O) groups is 2. The van der Waals surface area contributed by atoms with E-state index in [1.165, 1.54) is 6.08 Å². The van der Waals surface area contributed by atoms with Crippen molar-refractivity contribution in [2.45, 2.75) is 59.0 Å². The van der Waals surface area contributed by atoms with Gasteiger partial charge in [-0.15, -0.1) is 0 Å². The van der Waals surface area contributed by atoms with Gasteiger partial charge in [-0.05, 0) is 51.7 Å². The van der Waals surface area contributed by atoms with Crippen LogP contribution in [-0.2, 0) is 19.6 Å². The molecule has 7 heteroatoms. The molecule has 0 aliphatic heterocycles. The van der Waals surface area contributed by atoms with Crippen LogP contribution in [0.3, 0.4) is 0 Å². The molecule has 1 unspecified atom stereocenters. The summed E-state index contributed by atoms with van der Waals surface area (Å²) in [5.74, 6) is -1.74. The third-order valence-electron chi connectivity index (χ3n) is 4.73. The first kappa shape index (κ1) is 22.1. The second-order valence-electron chi connectivity index (χ2n) is 7.89. The number of nitrogens with zero attached hydrogens (tertiary/aromatic N) is 1. The van der Waals surface area contributed by atoms with Gasteiger partial charge >= 0.3 is 0 Å². The quantitative estimate of drug-likeness (QED) is 0.639. The van der Waals surface area contributed by atoms with Gasteiger partial charge < -0.3 is 4.90 Å². The summed E-state index contributed by atoms with van der Waals surface area (Å²) in [6.07, 6.45) is 3.75. The molecule has 1 aliphatic rings. The van der Waals surface area contributed by atoms with E-state index in [0.717, 1.165) is 18.2 Å². The van der Waals surface area contributed by atoms with Crippen molar-refractivity contribution in [1.82, 2.24) is 9.62 Å². The fourth-order valence-corrected chi connectivity index (χ4v) is 4.10. The maximum atomic E-state index is 13.0. The molecule has 1 atom stereocenters.